The van der Waals surface area contributed by atoms with Crippen molar-refractivity contribution in [1.29, 1.82) is 0 Å². The van der Waals surface area contributed by atoms with Crippen LogP contribution in [0.3, 0.4) is 0 Å². The molecule has 0 aliphatic heterocycles. The highest BCUT2D eigenvalue weighted by molar-refractivity contribution is 9.12. The zero-order chi connectivity index (χ0) is 31.7. The lowest BCUT2D eigenvalue weighted by atomic mass is 9.62. The fourth-order valence-corrected chi connectivity index (χ4v) is 8.68. The van der Waals surface area contributed by atoms with E-state index in [-0.39, 0.29) is 21.7 Å². The average molecular weight is 766 g/mol. The first-order chi connectivity index (χ1) is 19.9. The summed E-state index contributed by atoms with van der Waals surface area (Å²) in [5.41, 5.74) is 13.4. The van der Waals surface area contributed by atoms with E-state index in [4.69, 9.17) is 0 Å². The lowest BCUT2D eigenvalue weighted by molar-refractivity contribution is 0.332. The van der Waals surface area contributed by atoms with Crippen molar-refractivity contribution in [2.45, 2.75) is 103 Å². The van der Waals surface area contributed by atoms with Crippen molar-refractivity contribution in [1.82, 2.24) is 0 Å². The van der Waals surface area contributed by atoms with E-state index in [1.807, 2.05) is 12.2 Å². The largest absolute Gasteiger partial charge is 0.0990 e. The molecule has 0 saturated carbocycles. The number of halogens is 3. The Hall–Kier alpha value is -1.68. The zero-order valence-corrected chi connectivity index (χ0v) is 31.8. The van der Waals surface area contributed by atoms with E-state index in [0.717, 1.165) is 24.6 Å². The molecular formula is C40H45Br3. The number of hydrogen-bond donors (Lipinski definition) is 0. The monoisotopic (exact) mass is 762 g/mol. The van der Waals surface area contributed by atoms with Gasteiger partial charge < -0.3 is 0 Å². The molecule has 0 nitrogen and oxygen atoms in total. The van der Waals surface area contributed by atoms with Crippen LogP contribution < -0.4 is 0 Å². The number of hydrogen-bond acceptors (Lipinski definition) is 0. The van der Waals surface area contributed by atoms with E-state index in [0.29, 0.717) is 0 Å². The summed E-state index contributed by atoms with van der Waals surface area (Å²) in [5, 5.41) is 0. The smallest absolute Gasteiger partial charge is 0.0256 e. The molecule has 0 spiro atoms. The molecule has 0 amide bonds. The molecule has 2 aliphatic carbocycles. The van der Waals surface area contributed by atoms with Gasteiger partial charge >= 0.3 is 0 Å². The van der Waals surface area contributed by atoms with Gasteiger partial charge in [-0.15, -0.1) is 0 Å². The van der Waals surface area contributed by atoms with Gasteiger partial charge in [0.15, 0.2) is 0 Å². The summed E-state index contributed by atoms with van der Waals surface area (Å²) in [5.74, 6) is 0. The van der Waals surface area contributed by atoms with Gasteiger partial charge in [0, 0.05) is 13.4 Å². The SMILES string of the molecule is C=C/C=C(\C(=C)Br)c1cc(-c2cc3c(cc2Br)C(C)(C)CCC3(C)C)cc(-c2cc3c(cc2Br)C(C)(C)CCC3(C)C)c1. The maximum absolute atomic E-state index is 4.26. The van der Waals surface area contributed by atoms with E-state index in [1.165, 1.54) is 70.2 Å². The van der Waals surface area contributed by atoms with E-state index < -0.39 is 0 Å². The molecule has 5 rings (SSSR count). The second kappa shape index (κ2) is 11.3. The van der Waals surface area contributed by atoms with Crippen LogP contribution in [0.4, 0.5) is 0 Å². The lowest BCUT2D eigenvalue weighted by Gasteiger charge is -2.42. The molecule has 0 aromatic heterocycles. The molecule has 0 radical (unpaired) electrons. The van der Waals surface area contributed by atoms with Gasteiger partial charge in [-0.3, -0.25) is 0 Å². The first kappa shape index (κ1) is 32.7. The maximum atomic E-state index is 4.26. The quantitative estimate of drug-likeness (QED) is 0.227. The summed E-state index contributed by atoms with van der Waals surface area (Å²) in [6.45, 7) is 27.4. The average Bonchev–Trinajstić information content (AvgIpc) is 2.91. The number of fused-ring (bicyclic) bond motifs is 2. The Morgan fingerprint density at radius 3 is 1.28 bits per heavy atom. The molecule has 0 fully saturated rings. The Labute approximate surface area is 285 Å². The molecule has 0 atom stereocenters. The van der Waals surface area contributed by atoms with Gasteiger partial charge in [0.1, 0.15) is 0 Å². The Morgan fingerprint density at radius 2 is 0.953 bits per heavy atom. The number of rotatable bonds is 5. The van der Waals surface area contributed by atoms with Gasteiger partial charge in [-0.25, -0.2) is 0 Å². The zero-order valence-electron chi connectivity index (χ0n) is 27.1. The topological polar surface area (TPSA) is 0 Å². The molecular weight excluding hydrogens is 720 g/mol. The van der Waals surface area contributed by atoms with Crippen LogP contribution in [0.25, 0.3) is 27.8 Å². The minimum absolute atomic E-state index is 0.124. The predicted octanol–water partition coefficient (Wildman–Crippen LogP) is 13.7. The molecule has 0 heterocycles. The van der Waals surface area contributed by atoms with Gasteiger partial charge in [0.2, 0.25) is 0 Å². The van der Waals surface area contributed by atoms with Crippen LogP contribution in [0.5, 0.6) is 0 Å². The molecule has 2 aliphatic rings. The summed E-state index contributed by atoms with van der Waals surface area (Å²) < 4.78 is 3.12. The fourth-order valence-electron chi connectivity index (χ4n) is 7.17. The molecule has 226 valence electrons. The molecule has 3 aromatic rings. The van der Waals surface area contributed by atoms with Crippen molar-refractivity contribution in [3.63, 3.8) is 0 Å². The predicted molar refractivity (Wildman–Crippen MR) is 200 cm³/mol. The Morgan fingerprint density at radius 1 is 0.605 bits per heavy atom. The highest BCUT2D eigenvalue weighted by Gasteiger charge is 2.39. The molecule has 0 bridgehead atoms. The highest BCUT2D eigenvalue weighted by atomic mass is 79.9. The van der Waals surface area contributed by atoms with Crippen molar-refractivity contribution in [3.8, 4) is 22.3 Å². The third kappa shape index (κ3) is 6.00. The molecule has 3 heteroatoms. The van der Waals surface area contributed by atoms with E-state index in [9.17, 15) is 0 Å². The normalized spacial score (nSPS) is 19.7. The van der Waals surface area contributed by atoms with Crippen LogP contribution in [-0.4, -0.2) is 0 Å². The van der Waals surface area contributed by atoms with Gasteiger partial charge in [-0.2, -0.15) is 0 Å². The summed E-state index contributed by atoms with van der Waals surface area (Å²) >= 11 is 11.7. The van der Waals surface area contributed by atoms with Crippen molar-refractivity contribution in [2.75, 3.05) is 0 Å². The molecule has 3 aromatic carbocycles. The van der Waals surface area contributed by atoms with Crippen LogP contribution in [0.1, 0.15) is 109 Å². The van der Waals surface area contributed by atoms with Crippen molar-refractivity contribution >= 4 is 53.4 Å². The minimum atomic E-state index is 0.124. The third-order valence-electron chi connectivity index (χ3n) is 10.3. The second-order valence-electron chi connectivity index (χ2n) is 15.3. The Kier molecular flexibility index (Phi) is 8.58. The van der Waals surface area contributed by atoms with E-state index >= 15 is 0 Å². The fraction of sp³-hybridized carbons (Fsp3) is 0.400. The molecule has 0 unspecified atom stereocenters. The molecule has 0 saturated heterocycles. The van der Waals surface area contributed by atoms with Gasteiger partial charge in [0.05, 0.1) is 0 Å². The second-order valence-corrected chi connectivity index (χ2v) is 18.0. The lowest BCUT2D eigenvalue weighted by Crippen LogP contribution is -2.33. The van der Waals surface area contributed by atoms with Gasteiger partial charge in [-0.1, -0.05) is 128 Å². The van der Waals surface area contributed by atoms with Gasteiger partial charge in [-0.05, 0) is 145 Å². The van der Waals surface area contributed by atoms with Crippen molar-refractivity contribution in [3.05, 3.63) is 109 Å². The first-order valence-electron chi connectivity index (χ1n) is 15.4. The number of allylic oxidation sites excluding steroid dienone is 4. The van der Waals surface area contributed by atoms with Crippen LogP contribution in [0.15, 0.2) is 81.2 Å². The highest BCUT2D eigenvalue weighted by Crippen LogP contribution is 2.51. The van der Waals surface area contributed by atoms with E-state index in [1.54, 1.807) is 0 Å². The first-order valence-corrected chi connectivity index (χ1v) is 17.8. The number of benzene rings is 3. The van der Waals surface area contributed by atoms with Crippen LogP contribution in [0.2, 0.25) is 0 Å². The summed E-state index contributed by atoms with van der Waals surface area (Å²) in [7, 11) is 0. The molecule has 43 heavy (non-hydrogen) atoms. The standard InChI is InChI=1S/C40H45Br3/c1-11-12-28(24(2)41)25-17-26(29-20-31-33(22-35(29)42)39(7,8)15-13-37(31,3)4)19-27(18-25)30-21-32-34(23-36(30)43)40(9,10)16-14-38(32,5)6/h11-12,17-23H,1-2,13-16H2,3-10H3/b28-12+. The van der Waals surface area contributed by atoms with E-state index in [2.05, 4.69) is 159 Å². The van der Waals surface area contributed by atoms with Crippen molar-refractivity contribution < 1.29 is 0 Å². The van der Waals surface area contributed by atoms with Crippen LogP contribution in [0, 0.1) is 0 Å². The van der Waals surface area contributed by atoms with Crippen LogP contribution >= 0.6 is 47.8 Å². The molecule has 0 N–H and O–H groups in total. The van der Waals surface area contributed by atoms with Crippen molar-refractivity contribution in [2.24, 2.45) is 0 Å². The Bertz CT molecular complexity index is 1570. The minimum Gasteiger partial charge on any atom is -0.0990 e. The third-order valence-corrected chi connectivity index (χ3v) is 12.1. The summed E-state index contributed by atoms with van der Waals surface area (Å²) in [4.78, 5) is 0. The van der Waals surface area contributed by atoms with Crippen LogP contribution in [-0.2, 0) is 21.7 Å². The summed E-state index contributed by atoms with van der Waals surface area (Å²) in [6.07, 6.45) is 8.64. The van der Waals surface area contributed by atoms with Gasteiger partial charge in [0.25, 0.3) is 0 Å². The summed E-state index contributed by atoms with van der Waals surface area (Å²) in [6, 6.07) is 16.7. The Balaban J connectivity index is 1.81. The maximum Gasteiger partial charge on any atom is 0.0256 e.